The Kier molecular flexibility index (Phi) is 5.14. The number of carbonyl (C=O) groups is 1. The van der Waals surface area contributed by atoms with Crippen LogP contribution in [0.2, 0.25) is 0 Å². The van der Waals surface area contributed by atoms with Gasteiger partial charge in [0.2, 0.25) is 0 Å². The molecule has 0 aliphatic carbocycles. The number of rotatable bonds is 5. The minimum atomic E-state index is -0.447. The molecule has 0 saturated heterocycles. The van der Waals surface area contributed by atoms with Gasteiger partial charge >= 0.3 is 0 Å². The van der Waals surface area contributed by atoms with Crippen molar-refractivity contribution in [2.45, 2.75) is 13.3 Å². The monoisotopic (exact) mass is 298 g/mol. The third-order valence-electron chi connectivity index (χ3n) is 3.20. The molecule has 114 valence electrons. The van der Waals surface area contributed by atoms with Crippen LogP contribution in [0.3, 0.4) is 0 Å². The fraction of sp³-hybridized carbons (Fsp3) is 0.176. The van der Waals surface area contributed by atoms with Crippen LogP contribution < -0.4 is 10.2 Å². The van der Waals surface area contributed by atoms with Crippen LogP contribution in [0.5, 0.6) is 11.5 Å². The van der Waals surface area contributed by atoms with Crippen molar-refractivity contribution in [3.8, 4) is 11.5 Å². The van der Waals surface area contributed by atoms with Gasteiger partial charge in [0, 0.05) is 0 Å². The third kappa shape index (κ3) is 3.63. The van der Waals surface area contributed by atoms with E-state index in [-0.39, 0.29) is 11.3 Å². The van der Waals surface area contributed by atoms with Crippen molar-refractivity contribution in [1.29, 1.82) is 0 Å². The highest BCUT2D eigenvalue weighted by molar-refractivity contribution is 6.02. The first-order chi connectivity index (χ1) is 10.7. The number of hydrazone groups is 1. The van der Waals surface area contributed by atoms with Gasteiger partial charge < -0.3 is 9.84 Å². The lowest BCUT2D eigenvalue weighted by molar-refractivity contribution is 0.0952. The van der Waals surface area contributed by atoms with Crippen LogP contribution in [0.15, 0.2) is 53.6 Å². The molecular weight excluding hydrogens is 280 g/mol. The highest BCUT2D eigenvalue weighted by Gasteiger charge is 2.10. The maximum absolute atomic E-state index is 12.0. The second-order valence-corrected chi connectivity index (χ2v) is 4.60. The van der Waals surface area contributed by atoms with E-state index in [0.717, 1.165) is 17.0 Å². The summed E-state index contributed by atoms with van der Waals surface area (Å²) in [6.07, 6.45) is 0.660. The Morgan fingerprint density at radius 1 is 1.18 bits per heavy atom. The van der Waals surface area contributed by atoms with Gasteiger partial charge in [-0.3, -0.25) is 4.79 Å². The molecule has 0 spiro atoms. The molecule has 5 heteroatoms. The Labute approximate surface area is 129 Å². The highest BCUT2D eigenvalue weighted by Crippen LogP contribution is 2.16. The van der Waals surface area contributed by atoms with Crippen LogP contribution in [0.1, 0.15) is 29.3 Å². The number of methoxy groups -OCH3 is 1. The molecule has 0 aliphatic heterocycles. The van der Waals surface area contributed by atoms with Crippen LogP contribution in [0.4, 0.5) is 0 Å². The normalized spacial score (nSPS) is 11.1. The zero-order chi connectivity index (χ0) is 15.9. The average Bonchev–Trinajstić information content (AvgIpc) is 2.56. The molecule has 22 heavy (non-hydrogen) atoms. The summed E-state index contributed by atoms with van der Waals surface area (Å²) in [4.78, 5) is 12.0. The summed E-state index contributed by atoms with van der Waals surface area (Å²) in [5, 5.41) is 13.8. The van der Waals surface area contributed by atoms with Crippen LogP contribution in [-0.2, 0) is 0 Å². The molecule has 2 N–H and O–H groups in total. The summed E-state index contributed by atoms with van der Waals surface area (Å²) >= 11 is 0. The number of nitrogens with zero attached hydrogens (tertiary/aromatic N) is 1. The van der Waals surface area contributed by atoms with Crippen LogP contribution >= 0.6 is 0 Å². The first-order valence-electron chi connectivity index (χ1n) is 6.95. The summed E-state index contributed by atoms with van der Waals surface area (Å²) in [7, 11) is 1.61. The van der Waals surface area contributed by atoms with E-state index in [1.54, 1.807) is 25.3 Å². The number of hydrogen-bond donors (Lipinski definition) is 2. The van der Waals surface area contributed by atoms with Crippen molar-refractivity contribution in [3.63, 3.8) is 0 Å². The lowest BCUT2D eigenvalue weighted by Crippen LogP contribution is -2.20. The molecule has 2 aromatic rings. The first kappa shape index (κ1) is 15.6. The predicted octanol–water partition coefficient (Wildman–Crippen LogP) is 2.94. The van der Waals surface area contributed by atoms with Gasteiger partial charge in [0.25, 0.3) is 5.91 Å². The smallest absolute Gasteiger partial charge is 0.275 e. The second-order valence-electron chi connectivity index (χ2n) is 4.60. The largest absolute Gasteiger partial charge is 0.507 e. The number of carbonyl (C=O) groups excluding carboxylic acids is 1. The summed E-state index contributed by atoms with van der Waals surface area (Å²) in [5.74, 6) is 0.243. The molecule has 2 aromatic carbocycles. The summed E-state index contributed by atoms with van der Waals surface area (Å²) in [5.41, 5.74) is 4.31. The van der Waals surface area contributed by atoms with E-state index in [1.165, 1.54) is 6.07 Å². The van der Waals surface area contributed by atoms with Crippen LogP contribution in [0, 0.1) is 0 Å². The summed E-state index contributed by atoms with van der Waals surface area (Å²) in [6, 6.07) is 13.8. The summed E-state index contributed by atoms with van der Waals surface area (Å²) < 4.78 is 5.11. The van der Waals surface area contributed by atoms with Crippen molar-refractivity contribution in [2.75, 3.05) is 7.11 Å². The molecule has 1 amide bonds. The minimum absolute atomic E-state index is 0.0716. The van der Waals surface area contributed by atoms with E-state index in [4.69, 9.17) is 4.74 Å². The lowest BCUT2D eigenvalue weighted by atomic mass is 10.1. The Morgan fingerprint density at radius 2 is 1.86 bits per heavy atom. The fourth-order valence-electron chi connectivity index (χ4n) is 1.98. The Morgan fingerprint density at radius 3 is 2.45 bits per heavy atom. The van der Waals surface area contributed by atoms with Crippen molar-refractivity contribution < 1.29 is 14.6 Å². The van der Waals surface area contributed by atoms with Gasteiger partial charge in [-0.1, -0.05) is 19.1 Å². The zero-order valence-electron chi connectivity index (χ0n) is 12.5. The molecule has 0 aliphatic rings. The molecule has 0 bridgehead atoms. The minimum Gasteiger partial charge on any atom is -0.507 e. The van der Waals surface area contributed by atoms with Gasteiger partial charge in [-0.25, -0.2) is 5.43 Å². The molecule has 0 aromatic heterocycles. The second kappa shape index (κ2) is 7.26. The number of benzene rings is 2. The van der Waals surface area contributed by atoms with Gasteiger partial charge in [0.1, 0.15) is 11.5 Å². The van der Waals surface area contributed by atoms with Gasteiger partial charge in [0.15, 0.2) is 0 Å². The number of aromatic hydroxyl groups is 1. The number of para-hydroxylation sites is 1. The molecule has 0 saturated carbocycles. The molecule has 0 heterocycles. The number of ether oxygens (including phenoxy) is 1. The van der Waals surface area contributed by atoms with E-state index in [0.29, 0.717) is 6.42 Å². The highest BCUT2D eigenvalue weighted by atomic mass is 16.5. The van der Waals surface area contributed by atoms with Gasteiger partial charge in [-0.05, 0) is 48.4 Å². The Bertz CT molecular complexity index is 679. The Balaban J connectivity index is 2.15. The number of nitrogens with one attached hydrogen (secondary N) is 1. The SMILES string of the molecule is CCC(=NNC(=O)c1ccccc1O)c1ccc(OC)cc1. The molecule has 0 atom stereocenters. The molecule has 2 rings (SSSR count). The molecule has 0 unspecified atom stereocenters. The molecule has 0 fully saturated rings. The predicted molar refractivity (Wildman–Crippen MR) is 85.4 cm³/mol. The van der Waals surface area contributed by atoms with E-state index >= 15 is 0 Å². The Hall–Kier alpha value is -2.82. The molecule has 0 radical (unpaired) electrons. The third-order valence-corrected chi connectivity index (χ3v) is 3.20. The lowest BCUT2D eigenvalue weighted by Gasteiger charge is -2.07. The van der Waals surface area contributed by atoms with Crippen molar-refractivity contribution in [3.05, 3.63) is 59.7 Å². The molecule has 5 nitrogen and oxygen atoms in total. The van der Waals surface area contributed by atoms with E-state index in [9.17, 15) is 9.90 Å². The van der Waals surface area contributed by atoms with Crippen molar-refractivity contribution in [1.82, 2.24) is 5.43 Å². The maximum Gasteiger partial charge on any atom is 0.275 e. The number of hydrogen-bond acceptors (Lipinski definition) is 4. The van der Waals surface area contributed by atoms with Crippen molar-refractivity contribution >= 4 is 11.6 Å². The van der Waals surface area contributed by atoms with Crippen LogP contribution in [0.25, 0.3) is 0 Å². The van der Waals surface area contributed by atoms with Crippen molar-refractivity contribution in [2.24, 2.45) is 5.10 Å². The van der Waals surface area contributed by atoms with E-state index < -0.39 is 5.91 Å². The standard InChI is InChI=1S/C17H18N2O3/c1-3-15(12-8-10-13(22-2)11-9-12)18-19-17(21)14-6-4-5-7-16(14)20/h4-11,20H,3H2,1-2H3,(H,19,21). The first-order valence-corrected chi connectivity index (χ1v) is 6.95. The van der Waals surface area contributed by atoms with E-state index in [1.807, 2.05) is 31.2 Å². The number of phenolic OH excluding ortho intramolecular Hbond substituents is 1. The van der Waals surface area contributed by atoms with E-state index in [2.05, 4.69) is 10.5 Å². The van der Waals surface area contributed by atoms with Crippen LogP contribution in [-0.4, -0.2) is 23.8 Å². The van der Waals surface area contributed by atoms with Gasteiger partial charge in [0.05, 0.1) is 18.4 Å². The van der Waals surface area contributed by atoms with Gasteiger partial charge in [-0.2, -0.15) is 5.10 Å². The number of phenols is 1. The average molecular weight is 298 g/mol. The summed E-state index contributed by atoms with van der Waals surface area (Å²) in [6.45, 7) is 1.95. The van der Waals surface area contributed by atoms with Gasteiger partial charge in [-0.15, -0.1) is 0 Å². The fourth-order valence-corrected chi connectivity index (χ4v) is 1.98. The zero-order valence-corrected chi connectivity index (χ0v) is 12.5. The quantitative estimate of drug-likeness (QED) is 0.658. The number of amides is 1. The molecular formula is C17H18N2O3. The topological polar surface area (TPSA) is 70.9 Å². The maximum atomic E-state index is 12.0.